The van der Waals surface area contributed by atoms with Crippen LogP contribution >= 0.6 is 0 Å². The van der Waals surface area contributed by atoms with E-state index in [1.165, 1.54) is 0 Å². The molecule has 1 aromatic carbocycles. The fraction of sp³-hybridized carbons (Fsp3) is 0.435. The average molecular weight is 441 g/mol. The maximum Gasteiger partial charge on any atom is 0.410 e. The van der Waals surface area contributed by atoms with Crippen molar-refractivity contribution in [3.8, 4) is 23.3 Å². The van der Waals surface area contributed by atoms with Crippen LogP contribution in [0.3, 0.4) is 0 Å². The fourth-order valence-corrected chi connectivity index (χ4v) is 3.31. The number of methoxy groups -OCH3 is 2. The van der Waals surface area contributed by atoms with Gasteiger partial charge in [-0.1, -0.05) is 5.92 Å². The molecule has 9 nitrogen and oxygen atoms in total. The summed E-state index contributed by atoms with van der Waals surface area (Å²) in [5, 5.41) is 4.48. The smallest absolute Gasteiger partial charge is 0.410 e. The summed E-state index contributed by atoms with van der Waals surface area (Å²) in [4.78, 5) is 25.9. The minimum absolute atomic E-state index is 0.104. The third-order valence-corrected chi connectivity index (χ3v) is 4.86. The Bertz CT molecular complexity index is 1050. The Labute approximate surface area is 187 Å². The van der Waals surface area contributed by atoms with Gasteiger partial charge in [-0.25, -0.2) is 4.79 Å². The molecule has 1 aromatic heterocycles. The first kappa shape index (κ1) is 23.0. The second kappa shape index (κ2) is 9.22. The third-order valence-electron chi connectivity index (χ3n) is 4.86. The number of hydrogen-bond acceptors (Lipinski definition) is 6. The number of hydrogen-bond donors (Lipinski definition) is 1. The summed E-state index contributed by atoms with van der Waals surface area (Å²) in [6, 6.07) is 5.15. The molecular weight excluding hydrogens is 412 g/mol. The standard InChI is InChI=1S/C23H28N4O5/c1-23(2,3)32-22(29)26-9-8-16(13-26)27-14-19(21(24)28)20(25-27)7-6-15-10-17(30-4)12-18(11-15)31-5/h10-12,14,16H,8-9,13H2,1-5H3,(H2,24,28). The number of carbonyl (C=O) groups is 2. The Morgan fingerprint density at radius 2 is 1.78 bits per heavy atom. The number of aromatic nitrogens is 2. The Morgan fingerprint density at radius 1 is 1.12 bits per heavy atom. The molecule has 2 heterocycles. The highest BCUT2D eigenvalue weighted by atomic mass is 16.6. The van der Waals surface area contributed by atoms with Gasteiger partial charge in [0.25, 0.3) is 5.91 Å². The first-order valence-corrected chi connectivity index (χ1v) is 10.2. The van der Waals surface area contributed by atoms with E-state index in [0.717, 1.165) is 0 Å². The summed E-state index contributed by atoms with van der Waals surface area (Å²) < 4.78 is 17.6. The van der Waals surface area contributed by atoms with Crippen molar-refractivity contribution in [3.63, 3.8) is 0 Å². The molecule has 1 saturated heterocycles. The summed E-state index contributed by atoms with van der Waals surface area (Å²) >= 11 is 0. The molecule has 1 fully saturated rings. The molecule has 2 aromatic rings. The highest BCUT2D eigenvalue weighted by Crippen LogP contribution is 2.25. The minimum Gasteiger partial charge on any atom is -0.497 e. The van der Waals surface area contributed by atoms with Crippen LogP contribution < -0.4 is 15.2 Å². The van der Waals surface area contributed by atoms with Crippen molar-refractivity contribution in [3.05, 3.63) is 41.2 Å². The molecule has 1 unspecified atom stereocenters. The Hall–Kier alpha value is -3.67. The number of nitrogens with two attached hydrogens (primary N) is 1. The number of benzene rings is 1. The van der Waals surface area contributed by atoms with Gasteiger partial charge in [-0.05, 0) is 45.2 Å². The van der Waals surface area contributed by atoms with E-state index >= 15 is 0 Å². The molecule has 1 aliphatic rings. The zero-order valence-electron chi connectivity index (χ0n) is 19.0. The number of rotatable bonds is 4. The van der Waals surface area contributed by atoms with Crippen LogP contribution in [0.5, 0.6) is 11.5 Å². The van der Waals surface area contributed by atoms with Gasteiger partial charge in [0.2, 0.25) is 0 Å². The molecule has 170 valence electrons. The quantitative estimate of drug-likeness (QED) is 0.732. The third kappa shape index (κ3) is 5.52. The molecule has 1 atom stereocenters. The van der Waals surface area contributed by atoms with E-state index in [-0.39, 0.29) is 23.4 Å². The van der Waals surface area contributed by atoms with E-state index in [4.69, 9.17) is 19.9 Å². The molecule has 0 radical (unpaired) electrons. The lowest BCUT2D eigenvalue weighted by Gasteiger charge is -2.24. The van der Waals surface area contributed by atoms with Gasteiger partial charge in [0.1, 0.15) is 22.8 Å². The number of primary amides is 1. The summed E-state index contributed by atoms with van der Waals surface area (Å²) in [6.45, 7) is 6.44. The van der Waals surface area contributed by atoms with E-state index in [0.29, 0.717) is 36.6 Å². The van der Waals surface area contributed by atoms with Crippen molar-refractivity contribution < 1.29 is 23.8 Å². The molecule has 1 aliphatic heterocycles. The fourth-order valence-electron chi connectivity index (χ4n) is 3.31. The lowest BCUT2D eigenvalue weighted by molar-refractivity contribution is 0.0288. The van der Waals surface area contributed by atoms with Crippen LogP contribution in [0, 0.1) is 11.8 Å². The van der Waals surface area contributed by atoms with Crippen LogP contribution in [0.2, 0.25) is 0 Å². The van der Waals surface area contributed by atoms with Gasteiger partial charge in [-0.2, -0.15) is 5.10 Å². The van der Waals surface area contributed by atoms with E-state index in [1.54, 1.807) is 48.2 Å². The van der Waals surface area contributed by atoms with Crippen LogP contribution in [-0.4, -0.2) is 59.6 Å². The largest absolute Gasteiger partial charge is 0.497 e. The number of nitrogens with zero attached hydrogens (tertiary/aromatic N) is 3. The molecular formula is C23H28N4O5. The number of likely N-dealkylation sites (tertiary alicyclic amines) is 1. The molecule has 9 heteroatoms. The van der Waals surface area contributed by atoms with E-state index < -0.39 is 11.5 Å². The van der Waals surface area contributed by atoms with Crippen LogP contribution in [0.15, 0.2) is 24.4 Å². The summed E-state index contributed by atoms with van der Waals surface area (Å²) in [7, 11) is 3.11. The van der Waals surface area contributed by atoms with Gasteiger partial charge in [0.15, 0.2) is 0 Å². The molecule has 2 N–H and O–H groups in total. The van der Waals surface area contributed by atoms with Gasteiger partial charge < -0.3 is 24.8 Å². The van der Waals surface area contributed by atoms with Crippen molar-refractivity contribution in [2.24, 2.45) is 5.73 Å². The highest BCUT2D eigenvalue weighted by molar-refractivity contribution is 5.94. The van der Waals surface area contributed by atoms with Crippen LogP contribution in [-0.2, 0) is 4.74 Å². The summed E-state index contributed by atoms with van der Waals surface area (Å²) in [5.41, 5.74) is 6.12. The molecule has 0 aliphatic carbocycles. The monoisotopic (exact) mass is 440 g/mol. The Morgan fingerprint density at radius 3 is 2.34 bits per heavy atom. The minimum atomic E-state index is -0.620. The average Bonchev–Trinajstić information content (AvgIpc) is 3.38. The van der Waals surface area contributed by atoms with Gasteiger partial charge in [0.05, 0.1) is 25.8 Å². The molecule has 0 spiro atoms. The molecule has 2 amide bonds. The van der Waals surface area contributed by atoms with Gasteiger partial charge >= 0.3 is 6.09 Å². The van der Waals surface area contributed by atoms with Gasteiger partial charge in [0, 0.05) is 30.9 Å². The topological polar surface area (TPSA) is 109 Å². The second-order valence-electron chi connectivity index (χ2n) is 8.46. The molecule has 3 rings (SSSR count). The second-order valence-corrected chi connectivity index (χ2v) is 8.46. The zero-order valence-corrected chi connectivity index (χ0v) is 19.0. The van der Waals surface area contributed by atoms with Crippen molar-refractivity contribution in [1.29, 1.82) is 0 Å². The predicted octanol–water partition coefficient (Wildman–Crippen LogP) is 2.58. The van der Waals surface area contributed by atoms with Crippen LogP contribution in [0.4, 0.5) is 4.79 Å². The van der Waals surface area contributed by atoms with Crippen LogP contribution in [0.25, 0.3) is 0 Å². The highest BCUT2D eigenvalue weighted by Gasteiger charge is 2.31. The lowest BCUT2D eigenvalue weighted by Crippen LogP contribution is -2.35. The van der Waals surface area contributed by atoms with Gasteiger partial charge in [-0.15, -0.1) is 0 Å². The Balaban J connectivity index is 1.83. The predicted molar refractivity (Wildman–Crippen MR) is 118 cm³/mol. The van der Waals surface area contributed by atoms with Crippen LogP contribution in [0.1, 0.15) is 54.8 Å². The van der Waals surface area contributed by atoms with Crippen molar-refractivity contribution in [1.82, 2.24) is 14.7 Å². The lowest BCUT2D eigenvalue weighted by atomic mass is 10.2. The molecule has 0 bridgehead atoms. The molecule has 0 saturated carbocycles. The SMILES string of the molecule is COc1cc(C#Cc2nn(C3CCN(C(=O)OC(C)(C)C)C3)cc2C(N)=O)cc(OC)c1. The number of amides is 2. The molecule has 32 heavy (non-hydrogen) atoms. The number of carbonyl (C=O) groups excluding carboxylic acids is 2. The first-order chi connectivity index (χ1) is 15.1. The van der Waals surface area contributed by atoms with E-state index in [2.05, 4.69) is 16.9 Å². The number of ether oxygens (including phenoxy) is 3. The zero-order chi connectivity index (χ0) is 23.5. The van der Waals surface area contributed by atoms with E-state index in [9.17, 15) is 9.59 Å². The maximum atomic E-state index is 12.3. The van der Waals surface area contributed by atoms with Crippen molar-refractivity contribution >= 4 is 12.0 Å². The summed E-state index contributed by atoms with van der Waals surface area (Å²) in [5.74, 6) is 6.49. The van der Waals surface area contributed by atoms with Crippen molar-refractivity contribution in [2.75, 3.05) is 27.3 Å². The van der Waals surface area contributed by atoms with Gasteiger partial charge in [-0.3, -0.25) is 9.48 Å². The normalized spacial score (nSPS) is 15.7. The first-order valence-electron chi connectivity index (χ1n) is 10.2. The Kier molecular flexibility index (Phi) is 6.63. The maximum absolute atomic E-state index is 12.3. The van der Waals surface area contributed by atoms with Crippen molar-refractivity contribution in [2.45, 2.75) is 38.8 Å². The summed E-state index contributed by atoms with van der Waals surface area (Å²) in [6.07, 6.45) is 1.90. The van der Waals surface area contributed by atoms with E-state index in [1.807, 2.05) is 20.8 Å².